The average molecular weight is 537 g/mol. The Morgan fingerprint density at radius 2 is 1.62 bits per heavy atom. The number of benzene rings is 2. The van der Waals surface area contributed by atoms with E-state index in [0.717, 1.165) is 22.3 Å². The number of para-hydroxylation sites is 1. The zero-order valence-corrected chi connectivity index (χ0v) is 23.9. The van der Waals surface area contributed by atoms with E-state index in [-0.39, 0.29) is 6.54 Å². The molecule has 0 spiro atoms. The number of alkyl carbamates (subject to hydrolysis) is 1. The van der Waals surface area contributed by atoms with Crippen molar-refractivity contribution in [3.8, 4) is 0 Å². The second-order valence-corrected chi connectivity index (χ2v) is 10.7. The van der Waals surface area contributed by atoms with Crippen LogP contribution in [0.1, 0.15) is 61.1 Å². The third-order valence-electron chi connectivity index (χ3n) is 6.14. The van der Waals surface area contributed by atoms with Crippen LogP contribution in [0.2, 0.25) is 0 Å². The summed E-state index contributed by atoms with van der Waals surface area (Å²) in [6, 6.07) is 8.69. The van der Waals surface area contributed by atoms with Crippen LogP contribution in [0.25, 0.3) is 0 Å². The molecule has 4 amide bonds. The number of primary amides is 1. The van der Waals surface area contributed by atoms with Crippen molar-refractivity contribution in [1.82, 2.24) is 10.2 Å². The number of amides is 4. The van der Waals surface area contributed by atoms with Gasteiger partial charge >= 0.3 is 6.09 Å². The molecule has 210 valence electrons. The summed E-state index contributed by atoms with van der Waals surface area (Å²) in [6.07, 6.45) is 0.111. The van der Waals surface area contributed by atoms with Crippen molar-refractivity contribution in [2.75, 3.05) is 11.9 Å². The number of carbonyl (C=O) groups excluding carboxylic acids is 4. The lowest BCUT2D eigenvalue weighted by molar-refractivity contribution is -0.141. The summed E-state index contributed by atoms with van der Waals surface area (Å²) < 4.78 is 5.29. The van der Waals surface area contributed by atoms with Crippen molar-refractivity contribution in [2.45, 2.75) is 72.6 Å². The van der Waals surface area contributed by atoms with Gasteiger partial charge in [-0.05, 0) is 76.3 Å². The molecule has 2 rings (SSSR count). The average Bonchev–Trinajstić information content (AvgIpc) is 2.81. The first-order valence-corrected chi connectivity index (χ1v) is 12.8. The lowest BCUT2D eigenvalue weighted by atomic mass is 9.97. The van der Waals surface area contributed by atoms with Crippen LogP contribution >= 0.6 is 0 Å². The second kappa shape index (κ2) is 13.1. The highest BCUT2D eigenvalue weighted by Gasteiger charge is 2.37. The molecule has 2 atom stereocenters. The molecule has 9 nitrogen and oxygen atoms in total. The zero-order valence-electron chi connectivity index (χ0n) is 23.9. The topological polar surface area (TPSA) is 131 Å². The first-order valence-electron chi connectivity index (χ1n) is 12.8. The molecule has 39 heavy (non-hydrogen) atoms. The molecule has 0 aliphatic heterocycles. The van der Waals surface area contributed by atoms with Crippen molar-refractivity contribution in [1.29, 1.82) is 0 Å². The molecular formula is C30H40N4O5. The van der Waals surface area contributed by atoms with Gasteiger partial charge in [0, 0.05) is 12.2 Å². The van der Waals surface area contributed by atoms with E-state index in [0.29, 0.717) is 11.3 Å². The molecule has 2 unspecified atom stereocenters. The molecule has 0 aliphatic carbocycles. The summed E-state index contributed by atoms with van der Waals surface area (Å²) in [7, 11) is 0. The maximum Gasteiger partial charge on any atom is 0.408 e. The summed E-state index contributed by atoms with van der Waals surface area (Å²) in [4.78, 5) is 53.6. The SMILES string of the molecule is C=CCN(C(=O)C(CC(N)=O)NC(=O)OC(C)(C)C)C(C(=O)Nc1c(C)cccc1C)c1ccc(C)c(C)c1. The van der Waals surface area contributed by atoms with E-state index in [2.05, 4.69) is 17.2 Å². The minimum Gasteiger partial charge on any atom is -0.444 e. The number of nitrogens with zero attached hydrogens (tertiary/aromatic N) is 1. The predicted molar refractivity (Wildman–Crippen MR) is 152 cm³/mol. The van der Waals surface area contributed by atoms with Gasteiger partial charge in [-0.25, -0.2) is 4.79 Å². The van der Waals surface area contributed by atoms with Gasteiger partial charge in [0.15, 0.2) is 0 Å². The number of anilines is 1. The first-order chi connectivity index (χ1) is 18.1. The molecule has 0 saturated heterocycles. The first kappa shape index (κ1) is 31.1. The fourth-order valence-electron chi connectivity index (χ4n) is 4.12. The fraction of sp³-hybridized carbons (Fsp3) is 0.400. The van der Waals surface area contributed by atoms with Crippen LogP contribution < -0.4 is 16.4 Å². The highest BCUT2D eigenvalue weighted by molar-refractivity contribution is 6.00. The standard InChI is InChI=1S/C30H40N4O5/c1-9-15-34(28(37)23(17-24(31)35)32-29(38)39-30(6,7)8)26(22-14-13-18(2)21(5)16-22)27(36)33-25-19(3)11-10-12-20(25)4/h9-14,16,23,26H,1,15,17H2,2-8H3,(H2,31,35)(H,32,38)(H,33,36). The Hall–Kier alpha value is -4.14. The Morgan fingerprint density at radius 3 is 2.13 bits per heavy atom. The number of nitrogens with one attached hydrogen (secondary N) is 2. The van der Waals surface area contributed by atoms with Crippen LogP contribution in [0, 0.1) is 27.7 Å². The zero-order chi connectivity index (χ0) is 29.5. The quantitative estimate of drug-likeness (QED) is 0.388. The van der Waals surface area contributed by atoms with Crippen LogP contribution in [-0.2, 0) is 19.1 Å². The van der Waals surface area contributed by atoms with E-state index in [4.69, 9.17) is 10.5 Å². The van der Waals surface area contributed by atoms with Crippen LogP contribution in [0.4, 0.5) is 10.5 Å². The third kappa shape index (κ3) is 8.70. The van der Waals surface area contributed by atoms with E-state index in [9.17, 15) is 19.2 Å². The van der Waals surface area contributed by atoms with Crippen LogP contribution in [-0.4, -0.2) is 46.9 Å². The smallest absolute Gasteiger partial charge is 0.408 e. The summed E-state index contributed by atoms with van der Waals surface area (Å²) in [5.41, 5.74) is 9.48. The van der Waals surface area contributed by atoms with E-state index in [1.807, 2.05) is 58.0 Å². The lowest BCUT2D eigenvalue weighted by Crippen LogP contribution is -2.53. The summed E-state index contributed by atoms with van der Waals surface area (Å²) in [5, 5.41) is 5.44. The van der Waals surface area contributed by atoms with Gasteiger partial charge in [-0.3, -0.25) is 14.4 Å². The Kier molecular flexibility index (Phi) is 10.4. The molecule has 0 aliphatic rings. The van der Waals surface area contributed by atoms with Crippen molar-refractivity contribution < 1.29 is 23.9 Å². The van der Waals surface area contributed by atoms with Gasteiger partial charge in [-0.2, -0.15) is 0 Å². The van der Waals surface area contributed by atoms with Crippen molar-refractivity contribution in [3.05, 3.63) is 76.9 Å². The number of rotatable bonds is 10. The number of aryl methyl sites for hydroxylation is 4. The number of ether oxygens (including phenoxy) is 1. The molecule has 2 aromatic rings. The predicted octanol–water partition coefficient (Wildman–Crippen LogP) is 4.38. The molecule has 0 fully saturated rings. The number of hydrogen-bond donors (Lipinski definition) is 3. The molecular weight excluding hydrogens is 496 g/mol. The van der Waals surface area contributed by atoms with E-state index >= 15 is 0 Å². The van der Waals surface area contributed by atoms with Crippen molar-refractivity contribution >= 4 is 29.5 Å². The summed E-state index contributed by atoms with van der Waals surface area (Å²) >= 11 is 0. The molecule has 0 saturated carbocycles. The fourth-order valence-corrected chi connectivity index (χ4v) is 4.12. The minimum atomic E-state index is -1.36. The van der Waals surface area contributed by atoms with Crippen LogP contribution in [0.5, 0.6) is 0 Å². The second-order valence-electron chi connectivity index (χ2n) is 10.7. The third-order valence-corrected chi connectivity index (χ3v) is 6.14. The largest absolute Gasteiger partial charge is 0.444 e. The normalized spacial score (nSPS) is 12.6. The van der Waals surface area contributed by atoms with E-state index in [1.165, 1.54) is 11.0 Å². The Balaban J connectivity index is 2.59. The maximum atomic E-state index is 13.9. The number of hydrogen-bond acceptors (Lipinski definition) is 5. The van der Waals surface area contributed by atoms with Gasteiger partial charge in [-0.1, -0.05) is 42.5 Å². The highest BCUT2D eigenvalue weighted by atomic mass is 16.6. The summed E-state index contributed by atoms with van der Waals surface area (Å²) in [6.45, 7) is 16.4. The van der Waals surface area contributed by atoms with Gasteiger partial charge in [-0.15, -0.1) is 6.58 Å². The number of carbonyl (C=O) groups is 4. The molecule has 0 radical (unpaired) electrons. The molecule has 0 heterocycles. The van der Waals surface area contributed by atoms with Gasteiger partial charge in [0.1, 0.15) is 17.7 Å². The number of nitrogens with two attached hydrogens (primary N) is 1. The Morgan fingerprint density at radius 1 is 1.00 bits per heavy atom. The molecule has 4 N–H and O–H groups in total. The van der Waals surface area contributed by atoms with Crippen molar-refractivity contribution in [2.24, 2.45) is 5.73 Å². The van der Waals surface area contributed by atoms with Crippen molar-refractivity contribution in [3.63, 3.8) is 0 Å². The minimum absolute atomic E-state index is 0.0398. The van der Waals surface area contributed by atoms with Crippen LogP contribution in [0.3, 0.4) is 0 Å². The maximum absolute atomic E-state index is 13.9. The van der Waals surface area contributed by atoms with Gasteiger partial charge in [0.25, 0.3) is 5.91 Å². The van der Waals surface area contributed by atoms with Gasteiger partial charge in [0.05, 0.1) is 6.42 Å². The lowest BCUT2D eigenvalue weighted by Gasteiger charge is -2.34. The molecule has 0 bridgehead atoms. The van der Waals surface area contributed by atoms with E-state index in [1.54, 1.807) is 26.8 Å². The summed E-state index contributed by atoms with van der Waals surface area (Å²) in [5.74, 6) is -1.94. The Bertz CT molecular complexity index is 1230. The molecule has 2 aromatic carbocycles. The van der Waals surface area contributed by atoms with E-state index < -0.39 is 47.9 Å². The molecule has 9 heteroatoms. The highest BCUT2D eigenvalue weighted by Crippen LogP contribution is 2.28. The van der Waals surface area contributed by atoms with Gasteiger partial charge < -0.3 is 26.0 Å². The van der Waals surface area contributed by atoms with Gasteiger partial charge in [0.2, 0.25) is 11.8 Å². The Labute approximate surface area is 230 Å². The van der Waals surface area contributed by atoms with Crippen LogP contribution in [0.15, 0.2) is 49.1 Å². The molecule has 0 aromatic heterocycles. The monoisotopic (exact) mass is 536 g/mol.